The van der Waals surface area contributed by atoms with Crippen LogP contribution in [0.4, 0.5) is 0 Å². The van der Waals surface area contributed by atoms with Crippen LogP contribution in [-0.4, -0.2) is 40.1 Å². The molecule has 0 saturated heterocycles. The molecule has 0 radical (unpaired) electrons. The Kier molecular flexibility index (Phi) is 4.16. The molecule has 0 atom stereocenters. The molecule has 2 aromatic heterocycles. The summed E-state index contributed by atoms with van der Waals surface area (Å²) in [6.45, 7) is 0. The molecule has 0 bridgehead atoms. The maximum Gasteiger partial charge on any atom is 0.466 e. The summed E-state index contributed by atoms with van der Waals surface area (Å²) in [5.41, 5.74) is 2.61. The van der Waals surface area contributed by atoms with Crippen LogP contribution in [0.1, 0.15) is 0 Å². The summed E-state index contributed by atoms with van der Waals surface area (Å²) in [4.78, 5) is 29.1. The summed E-state index contributed by atoms with van der Waals surface area (Å²) in [6, 6.07) is 9.60. The summed E-state index contributed by atoms with van der Waals surface area (Å²) in [5, 5.41) is 11.1. The number of aromatic nitrogens is 5. The van der Waals surface area contributed by atoms with Crippen LogP contribution in [0.2, 0.25) is 0 Å². The minimum Gasteiger partial charge on any atom is -0.337 e. The van der Waals surface area contributed by atoms with E-state index < -0.39 is 7.82 Å². The van der Waals surface area contributed by atoms with Crippen LogP contribution in [0.5, 0.6) is 0 Å². The van der Waals surface area contributed by atoms with E-state index in [1.807, 2.05) is 24.3 Å². The number of nitrogens with zero attached hydrogens (tertiary/aromatic N) is 4. The number of phosphoric acid groups is 1. The van der Waals surface area contributed by atoms with Crippen LogP contribution >= 0.6 is 7.82 Å². The lowest BCUT2D eigenvalue weighted by Crippen LogP contribution is -1.90. The minimum absolute atomic E-state index is 0.696. The van der Waals surface area contributed by atoms with Crippen LogP contribution in [0.25, 0.3) is 22.6 Å². The standard InChI is InChI=1S/C10H7N5.H3O4P/c1-2-4-8-7(3-1)12-10(13-8)9-5-6-11-15-14-9;1-5(2,3)4/h1-6H,(H,12,13);(H3,1,2,3,4). The molecule has 0 saturated carbocycles. The van der Waals surface area contributed by atoms with Gasteiger partial charge < -0.3 is 19.7 Å². The minimum atomic E-state index is -4.64. The zero-order valence-corrected chi connectivity index (χ0v) is 10.8. The lowest BCUT2D eigenvalue weighted by Gasteiger charge is -1.89. The first kappa shape index (κ1) is 14.2. The predicted octanol–water partition coefficient (Wildman–Crippen LogP) is 0.486. The lowest BCUT2D eigenvalue weighted by molar-refractivity contribution is 0.275. The van der Waals surface area contributed by atoms with Crippen molar-refractivity contribution in [1.82, 2.24) is 25.4 Å². The van der Waals surface area contributed by atoms with Crippen molar-refractivity contribution >= 4 is 18.9 Å². The Morgan fingerprint density at radius 1 is 1.10 bits per heavy atom. The predicted molar refractivity (Wildman–Crippen MR) is 69.2 cm³/mol. The number of rotatable bonds is 1. The van der Waals surface area contributed by atoms with E-state index >= 15 is 0 Å². The molecule has 10 heteroatoms. The third-order valence-electron chi connectivity index (χ3n) is 2.14. The van der Waals surface area contributed by atoms with Crippen LogP contribution < -0.4 is 0 Å². The maximum atomic E-state index is 8.88. The van der Waals surface area contributed by atoms with E-state index in [1.54, 1.807) is 12.3 Å². The van der Waals surface area contributed by atoms with E-state index in [1.165, 1.54) is 0 Å². The van der Waals surface area contributed by atoms with E-state index in [9.17, 15) is 0 Å². The zero-order chi connectivity index (χ0) is 14.6. The van der Waals surface area contributed by atoms with Gasteiger partial charge in [-0.15, -0.1) is 10.2 Å². The van der Waals surface area contributed by atoms with Gasteiger partial charge in [0, 0.05) is 0 Å². The molecule has 3 rings (SSSR count). The average Bonchev–Trinajstić information content (AvgIpc) is 2.81. The van der Waals surface area contributed by atoms with Crippen molar-refractivity contribution in [2.45, 2.75) is 0 Å². The highest BCUT2D eigenvalue weighted by atomic mass is 31.2. The second-order valence-corrected chi connectivity index (χ2v) is 4.65. The van der Waals surface area contributed by atoms with Crippen LogP contribution in [0.3, 0.4) is 0 Å². The second-order valence-electron chi connectivity index (χ2n) is 3.62. The first-order valence-corrected chi connectivity index (χ1v) is 6.88. The first-order valence-electron chi connectivity index (χ1n) is 5.31. The van der Waals surface area contributed by atoms with Gasteiger partial charge in [0.1, 0.15) is 5.69 Å². The smallest absolute Gasteiger partial charge is 0.337 e. The number of para-hydroxylation sites is 2. The molecule has 0 amide bonds. The Morgan fingerprint density at radius 3 is 2.40 bits per heavy atom. The van der Waals surface area contributed by atoms with Gasteiger partial charge in [-0.25, -0.2) is 9.55 Å². The van der Waals surface area contributed by atoms with Crippen molar-refractivity contribution < 1.29 is 19.2 Å². The third kappa shape index (κ3) is 4.18. The Labute approximate surface area is 112 Å². The van der Waals surface area contributed by atoms with E-state index in [0.29, 0.717) is 11.5 Å². The summed E-state index contributed by atoms with van der Waals surface area (Å²) in [5.74, 6) is 0.714. The molecule has 0 aliphatic heterocycles. The summed E-state index contributed by atoms with van der Waals surface area (Å²) in [6.07, 6.45) is 1.59. The molecule has 0 spiro atoms. The Morgan fingerprint density at radius 2 is 1.80 bits per heavy atom. The van der Waals surface area contributed by atoms with Gasteiger partial charge in [-0.1, -0.05) is 12.1 Å². The topological polar surface area (TPSA) is 145 Å². The fraction of sp³-hybridized carbons (Fsp3) is 0. The second kappa shape index (κ2) is 5.85. The van der Waals surface area contributed by atoms with E-state index in [4.69, 9.17) is 19.2 Å². The maximum absolute atomic E-state index is 8.88. The fourth-order valence-corrected chi connectivity index (χ4v) is 1.44. The van der Waals surface area contributed by atoms with Gasteiger partial charge in [-0.2, -0.15) is 0 Å². The van der Waals surface area contributed by atoms with Crippen LogP contribution in [0, 0.1) is 0 Å². The molecular weight excluding hydrogens is 285 g/mol. The molecule has 9 nitrogen and oxygen atoms in total. The average molecular weight is 295 g/mol. The van der Waals surface area contributed by atoms with Gasteiger partial charge in [-0.05, 0) is 23.4 Å². The normalized spacial score (nSPS) is 10.9. The van der Waals surface area contributed by atoms with Crippen molar-refractivity contribution in [2.24, 2.45) is 0 Å². The van der Waals surface area contributed by atoms with Gasteiger partial charge >= 0.3 is 7.82 Å². The third-order valence-corrected chi connectivity index (χ3v) is 2.14. The van der Waals surface area contributed by atoms with Crippen molar-refractivity contribution in [3.05, 3.63) is 36.5 Å². The molecule has 2 heterocycles. The molecular formula is C10H10N5O4P. The van der Waals surface area contributed by atoms with Gasteiger partial charge in [0.2, 0.25) is 0 Å². The summed E-state index contributed by atoms with van der Waals surface area (Å²) < 4.78 is 8.88. The Balaban J connectivity index is 0.000000257. The Hall–Kier alpha value is -2.19. The molecule has 0 fully saturated rings. The molecule has 3 aromatic rings. The number of nitrogens with one attached hydrogen (secondary N) is 1. The Bertz CT molecular complexity index is 700. The molecule has 1 aromatic carbocycles. The molecule has 104 valence electrons. The number of hydrogen-bond donors (Lipinski definition) is 4. The molecule has 20 heavy (non-hydrogen) atoms. The number of fused-ring (bicyclic) bond motifs is 1. The monoisotopic (exact) mass is 295 g/mol. The molecule has 0 aliphatic rings. The lowest BCUT2D eigenvalue weighted by atomic mass is 10.3. The molecule has 0 unspecified atom stereocenters. The largest absolute Gasteiger partial charge is 0.466 e. The van der Waals surface area contributed by atoms with Gasteiger partial charge in [0.25, 0.3) is 0 Å². The van der Waals surface area contributed by atoms with Gasteiger partial charge in [0.05, 0.1) is 17.2 Å². The number of aromatic amines is 1. The summed E-state index contributed by atoms with van der Waals surface area (Å²) in [7, 11) is -4.64. The molecule has 0 aliphatic carbocycles. The summed E-state index contributed by atoms with van der Waals surface area (Å²) >= 11 is 0. The van der Waals surface area contributed by atoms with Crippen molar-refractivity contribution in [3.63, 3.8) is 0 Å². The van der Waals surface area contributed by atoms with Crippen molar-refractivity contribution in [2.75, 3.05) is 0 Å². The van der Waals surface area contributed by atoms with Crippen LogP contribution in [0.15, 0.2) is 36.5 Å². The SMILES string of the molecule is O=P(O)(O)O.c1ccc2[nH]c(-c3ccnnn3)nc2c1. The van der Waals surface area contributed by atoms with E-state index in [0.717, 1.165) is 11.0 Å². The zero-order valence-electron chi connectivity index (χ0n) is 9.95. The van der Waals surface area contributed by atoms with E-state index in [2.05, 4.69) is 25.4 Å². The fourth-order valence-electron chi connectivity index (χ4n) is 1.44. The first-order chi connectivity index (χ1) is 9.43. The number of benzene rings is 1. The molecule has 4 N–H and O–H groups in total. The van der Waals surface area contributed by atoms with Crippen molar-refractivity contribution in [1.29, 1.82) is 0 Å². The van der Waals surface area contributed by atoms with Gasteiger partial charge in [-0.3, -0.25) is 0 Å². The number of H-pyrrole nitrogens is 1. The van der Waals surface area contributed by atoms with E-state index in [-0.39, 0.29) is 0 Å². The van der Waals surface area contributed by atoms with Gasteiger partial charge in [0.15, 0.2) is 5.82 Å². The highest BCUT2D eigenvalue weighted by Crippen LogP contribution is 2.25. The number of imidazole rings is 1. The van der Waals surface area contributed by atoms with Crippen LogP contribution in [-0.2, 0) is 4.57 Å². The highest BCUT2D eigenvalue weighted by Gasteiger charge is 2.05. The van der Waals surface area contributed by atoms with Crippen molar-refractivity contribution in [3.8, 4) is 11.5 Å². The number of hydrogen-bond acceptors (Lipinski definition) is 5. The highest BCUT2D eigenvalue weighted by molar-refractivity contribution is 7.45. The quantitative estimate of drug-likeness (QED) is 0.474.